The highest BCUT2D eigenvalue weighted by atomic mass is 16.4. The maximum Gasteiger partial charge on any atom is 0.317 e. The number of aryl methyl sites for hydroxylation is 1. The number of carbonyl (C=O) groups excluding carboxylic acids is 1. The van der Waals surface area contributed by atoms with Gasteiger partial charge in [-0.15, -0.1) is 0 Å². The summed E-state index contributed by atoms with van der Waals surface area (Å²) in [5, 5.41) is 11.4. The summed E-state index contributed by atoms with van der Waals surface area (Å²) in [6, 6.07) is 7.66. The zero-order valence-corrected chi connectivity index (χ0v) is 12.2. The first-order chi connectivity index (χ1) is 9.38. The summed E-state index contributed by atoms with van der Waals surface area (Å²) < 4.78 is 0. The van der Waals surface area contributed by atoms with Gasteiger partial charge in [-0.25, -0.2) is 4.79 Å². The molecule has 0 aromatic heterocycles. The Morgan fingerprint density at radius 2 is 1.90 bits per heavy atom. The minimum Gasteiger partial charge on any atom is -0.481 e. The Morgan fingerprint density at radius 3 is 2.45 bits per heavy atom. The van der Waals surface area contributed by atoms with Crippen LogP contribution < -0.4 is 5.32 Å². The molecule has 0 heterocycles. The van der Waals surface area contributed by atoms with E-state index in [0.29, 0.717) is 13.0 Å². The summed E-state index contributed by atoms with van der Waals surface area (Å²) in [6.45, 7) is 4.35. The molecule has 1 atom stereocenters. The Hall–Kier alpha value is -2.04. The molecule has 0 bridgehead atoms. The van der Waals surface area contributed by atoms with Crippen LogP contribution >= 0.6 is 0 Å². The highest BCUT2D eigenvalue weighted by molar-refractivity contribution is 5.74. The van der Waals surface area contributed by atoms with Crippen molar-refractivity contribution in [2.75, 3.05) is 7.05 Å². The second-order valence-corrected chi connectivity index (χ2v) is 5.12. The molecule has 0 saturated carbocycles. The number of hydrogen-bond acceptors (Lipinski definition) is 2. The molecule has 2 amide bonds. The van der Waals surface area contributed by atoms with Crippen molar-refractivity contribution in [3.05, 3.63) is 35.4 Å². The minimum absolute atomic E-state index is 0.0587. The van der Waals surface area contributed by atoms with Gasteiger partial charge >= 0.3 is 12.0 Å². The standard InChI is InChI=1S/C15H22N2O3/c1-11-4-7-13(8-5-11)10-17(3)15(20)16-12(2)6-9-14(18)19/h4-5,7-8,12H,6,9-10H2,1-3H3,(H,16,20)(H,18,19). The Balaban J connectivity index is 2.42. The first-order valence-corrected chi connectivity index (χ1v) is 6.67. The summed E-state index contributed by atoms with van der Waals surface area (Å²) in [6.07, 6.45) is 0.489. The first-order valence-electron chi connectivity index (χ1n) is 6.67. The number of carboxylic acids is 1. The number of nitrogens with one attached hydrogen (secondary N) is 1. The van der Waals surface area contributed by atoms with E-state index < -0.39 is 5.97 Å². The van der Waals surface area contributed by atoms with Crippen LogP contribution in [0.4, 0.5) is 4.79 Å². The second kappa shape index (κ2) is 7.53. The monoisotopic (exact) mass is 278 g/mol. The van der Waals surface area contributed by atoms with E-state index in [1.807, 2.05) is 31.2 Å². The SMILES string of the molecule is Cc1ccc(CN(C)C(=O)NC(C)CCC(=O)O)cc1. The van der Waals surface area contributed by atoms with Gasteiger partial charge in [-0.1, -0.05) is 29.8 Å². The Labute approximate surface area is 119 Å². The van der Waals surface area contributed by atoms with Crippen molar-refractivity contribution in [2.24, 2.45) is 0 Å². The lowest BCUT2D eigenvalue weighted by atomic mass is 10.1. The van der Waals surface area contributed by atoms with Gasteiger partial charge in [0.25, 0.3) is 0 Å². The molecular weight excluding hydrogens is 256 g/mol. The van der Waals surface area contributed by atoms with Crippen molar-refractivity contribution in [2.45, 2.75) is 39.3 Å². The van der Waals surface area contributed by atoms with Crippen LogP contribution in [0.3, 0.4) is 0 Å². The fraction of sp³-hybridized carbons (Fsp3) is 0.467. The van der Waals surface area contributed by atoms with Crippen LogP contribution in [-0.4, -0.2) is 35.1 Å². The second-order valence-electron chi connectivity index (χ2n) is 5.12. The molecule has 5 heteroatoms. The highest BCUT2D eigenvalue weighted by Gasteiger charge is 2.13. The summed E-state index contributed by atoms with van der Waals surface area (Å²) in [7, 11) is 1.72. The molecule has 1 aromatic rings. The number of rotatable bonds is 6. The maximum absolute atomic E-state index is 11.9. The number of benzene rings is 1. The van der Waals surface area contributed by atoms with Crippen molar-refractivity contribution in [3.63, 3.8) is 0 Å². The molecule has 0 aliphatic carbocycles. The molecule has 2 N–H and O–H groups in total. The summed E-state index contributed by atoms with van der Waals surface area (Å²) >= 11 is 0. The van der Waals surface area contributed by atoms with Gasteiger partial charge in [0.2, 0.25) is 0 Å². The van der Waals surface area contributed by atoms with Gasteiger partial charge < -0.3 is 15.3 Å². The van der Waals surface area contributed by atoms with E-state index in [1.165, 1.54) is 5.56 Å². The van der Waals surface area contributed by atoms with Crippen LogP contribution in [0.15, 0.2) is 24.3 Å². The van der Waals surface area contributed by atoms with Crippen molar-refractivity contribution in [1.29, 1.82) is 0 Å². The molecule has 20 heavy (non-hydrogen) atoms. The van der Waals surface area contributed by atoms with E-state index in [4.69, 9.17) is 5.11 Å². The molecule has 0 spiro atoms. The average Bonchev–Trinajstić information content (AvgIpc) is 2.39. The molecule has 0 aliphatic rings. The number of carboxylic acid groups (broad SMARTS) is 1. The molecule has 0 fully saturated rings. The molecule has 0 saturated heterocycles. The Bertz CT molecular complexity index is 457. The van der Waals surface area contributed by atoms with E-state index in [2.05, 4.69) is 5.32 Å². The van der Waals surface area contributed by atoms with Gasteiger partial charge in [-0.05, 0) is 25.8 Å². The molecule has 1 unspecified atom stereocenters. The van der Waals surface area contributed by atoms with Crippen LogP contribution in [0.5, 0.6) is 0 Å². The predicted octanol–water partition coefficient (Wildman–Crippen LogP) is 2.39. The normalized spacial score (nSPS) is 11.8. The number of hydrogen-bond donors (Lipinski definition) is 2. The first kappa shape index (κ1) is 16.0. The zero-order chi connectivity index (χ0) is 15.1. The summed E-state index contributed by atoms with van der Waals surface area (Å²) in [5.74, 6) is -0.848. The van der Waals surface area contributed by atoms with E-state index in [9.17, 15) is 9.59 Å². The lowest BCUT2D eigenvalue weighted by Gasteiger charge is -2.21. The number of urea groups is 1. The predicted molar refractivity (Wildman–Crippen MR) is 77.5 cm³/mol. The smallest absolute Gasteiger partial charge is 0.317 e. The third kappa shape index (κ3) is 5.73. The Kier molecular flexibility index (Phi) is 6.03. The van der Waals surface area contributed by atoms with Gasteiger partial charge in [0.1, 0.15) is 0 Å². The van der Waals surface area contributed by atoms with Gasteiger partial charge in [0.05, 0.1) is 0 Å². The van der Waals surface area contributed by atoms with Crippen molar-refractivity contribution >= 4 is 12.0 Å². The molecule has 0 aliphatic heterocycles. The molecule has 5 nitrogen and oxygen atoms in total. The van der Waals surface area contributed by atoms with E-state index in [1.54, 1.807) is 18.9 Å². The molecule has 1 rings (SSSR count). The molecule has 110 valence electrons. The quantitative estimate of drug-likeness (QED) is 0.839. The van der Waals surface area contributed by atoms with Crippen molar-refractivity contribution < 1.29 is 14.7 Å². The van der Waals surface area contributed by atoms with Crippen molar-refractivity contribution in [3.8, 4) is 0 Å². The number of amides is 2. The van der Waals surface area contributed by atoms with E-state index >= 15 is 0 Å². The zero-order valence-electron chi connectivity index (χ0n) is 12.2. The number of aliphatic carboxylic acids is 1. The maximum atomic E-state index is 11.9. The lowest BCUT2D eigenvalue weighted by molar-refractivity contribution is -0.137. The van der Waals surface area contributed by atoms with Gasteiger partial charge in [-0.3, -0.25) is 4.79 Å². The van der Waals surface area contributed by atoms with Crippen LogP contribution in [0.2, 0.25) is 0 Å². The Morgan fingerprint density at radius 1 is 1.30 bits per heavy atom. The van der Waals surface area contributed by atoms with Crippen LogP contribution in [-0.2, 0) is 11.3 Å². The number of nitrogens with zero attached hydrogens (tertiary/aromatic N) is 1. The minimum atomic E-state index is -0.848. The van der Waals surface area contributed by atoms with Crippen LogP contribution in [0, 0.1) is 6.92 Å². The largest absolute Gasteiger partial charge is 0.481 e. The fourth-order valence-corrected chi connectivity index (χ4v) is 1.77. The molecule has 1 aromatic carbocycles. The topological polar surface area (TPSA) is 69.6 Å². The lowest BCUT2D eigenvalue weighted by Crippen LogP contribution is -2.41. The third-order valence-electron chi connectivity index (χ3n) is 3.05. The fourth-order valence-electron chi connectivity index (χ4n) is 1.77. The van der Waals surface area contributed by atoms with Crippen molar-refractivity contribution in [1.82, 2.24) is 10.2 Å². The van der Waals surface area contributed by atoms with E-state index in [-0.39, 0.29) is 18.5 Å². The number of carbonyl (C=O) groups is 2. The van der Waals surface area contributed by atoms with Gasteiger partial charge in [0, 0.05) is 26.1 Å². The average molecular weight is 278 g/mol. The van der Waals surface area contributed by atoms with Gasteiger partial charge in [0.15, 0.2) is 0 Å². The van der Waals surface area contributed by atoms with E-state index in [0.717, 1.165) is 5.56 Å². The van der Waals surface area contributed by atoms with Crippen LogP contribution in [0.25, 0.3) is 0 Å². The highest BCUT2D eigenvalue weighted by Crippen LogP contribution is 2.06. The molecular formula is C15H22N2O3. The molecule has 0 radical (unpaired) electrons. The third-order valence-corrected chi connectivity index (χ3v) is 3.05. The van der Waals surface area contributed by atoms with Gasteiger partial charge in [-0.2, -0.15) is 0 Å². The summed E-state index contributed by atoms with van der Waals surface area (Å²) in [5.41, 5.74) is 2.24. The summed E-state index contributed by atoms with van der Waals surface area (Å²) in [4.78, 5) is 24.0. The van der Waals surface area contributed by atoms with Crippen LogP contribution in [0.1, 0.15) is 30.9 Å².